The molecule has 104 valence electrons. The first kappa shape index (κ1) is 14.0. The Labute approximate surface area is 114 Å². The highest BCUT2D eigenvalue weighted by atomic mass is 16.2. The molecule has 1 aromatic carbocycles. The fraction of sp³-hybridized carbons (Fsp3) is 0.500. The molecule has 0 aliphatic carbocycles. The summed E-state index contributed by atoms with van der Waals surface area (Å²) in [6.07, 6.45) is 0. The smallest absolute Gasteiger partial charge is 0.238 e. The van der Waals surface area contributed by atoms with Crippen LogP contribution in [0.25, 0.3) is 0 Å². The molecule has 0 aromatic heterocycles. The minimum Gasteiger partial charge on any atom is -0.326 e. The SMILES string of the molecule is CN1CCN(CC(=O)Nc2ccc(CN)cc2)CC1. The molecule has 3 N–H and O–H groups in total. The van der Waals surface area contributed by atoms with Crippen molar-refractivity contribution in [1.82, 2.24) is 9.80 Å². The molecule has 1 heterocycles. The monoisotopic (exact) mass is 262 g/mol. The van der Waals surface area contributed by atoms with Crippen molar-refractivity contribution in [2.45, 2.75) is 6.54 Å². The molecular weight excluding hydrogens is 240 g/mol. The Bertz CT molecular complexity index is 410. The molecule has 0 saturated carbocycles. The van der Waals surface area contributed by atoms with Gasteiger partial charge in [-0.1, -0.05) is 12.1 Å². The summed E-state index contributed by atoms with van der Waals surface area (Å²) in [4.78, 5) is 16.4. The molecule has 1 aliphatic heterocycles. The van der Waals surface area contributed by atoms with Gasteiger partial charge in [0.1, 0.15) is 0 Å². The van der Waals surface area contributed by atoms with Crippen LogP contribution in [0.4, 0.5) is 5.69 Å². The van der Waals surface area contributed by atoms with E-state index < -0.39 is 0 Å². The topological polar surface area (TPSA) is 61.6 Å². The lowest BCUT2D eigenvalue weighted by molar-refractivity contribution is -0.117. The Kier molecular flexibility index (Phi) is 4.90. The van der Waals surface area contributed by atoms with Crippen molar-refractivity contribution < 1.29 is 4.79 Å². The molecule has 5 nitrogen and oxygen atoms in total. The van der Waals surface area contributed by atoms with Gasteiger partial charge in [-0.2, -0.15) is 0 Å². The van der Waals surface area contributed by atoms with Crippen LogP contribution >= 0.6 is 0 Å². The summed E-state index contributed by atoms with van der Waals surface area (Å²) < 4.78 is 0. The van der Waals surface area contributed by atoms with Crippen molar-refractivity contribution in [3.05, 3.63) is 29.8 Å². The number of benzene rings is 1. The van der Waals surface area contributed by atoms with E-state index >= 15 is 0 Å². The van der Waals surface area contributed by atoms with Crippen molar-refractivity contribution in [2.24, 2.45) is 5.73 Å². The highest BCUT2D eigenvalue weighted by Crippen LogP contribution is 2.09. The van der Waals surface area contributed by atoms with Gasteiger partial charge in [-0.3, -0.25) is 9.69 Å². The van der Waals surface area contributed by atoms with Gasteiger partial charge in [0.05, 0.1) is 6.54 Å². The molecule has 1 aromatic rings. The van der Waals surface area contributed by atoms with Gasteiger partial charge < -0.3 is 16.0 Å². The molecule has 1 fully saturated rings. The van der Waals surface area contributed by atoms with Crippen molar-refractivity contribution in [3.63, 3.8) is 0 Å². The number of nitrogens with zero attached hydrogens (tertiary/aromatic N) is 2. The predicted octanol–water partition coefficient (Wildman–Crippen LogP) is 0.331. The zero-order valence-electron chi connectivity index (χ0n) is 11.4. The second-order valence-corrected chi connectivity index (χ2v) is 5.03. The summed E-state index contributed by atoms with van der Waals surface area (Å²) in [5.41, 5.74) is 7.43. The maximum atomic E-state index is 11.9. The third-order valence-corrected chi connectivity index (χ3v) is 3.44. The molecular formula is C14H22N4O. The first-order chi connectivity index (χ1) is 9.17. The van der Waals surface area contributed by atoms with E-state index in [1.54, 1.807) is 0 Å². The third kappa shape index (κ3) is 4.31. The molecule has 2 rings (SSSR count). The number of nitrogens with one attached hydrogen (secondary N) is 1. The maximum Gasteiger partial charge on any atom is 0.238 e. The van der Waals surface area contributed by atoms with Gasteiger partial charge >= 0.3 is 0 Å². The largest absolute Gasteiger partial charge is 0.326 e. The van der Waals surface area contributed by atoms with Crippen molar-refractivity contribution >= 4 is 11.6 Å². The summed E-state index contributed by atoms with van der Waals surface area (Å²) in [7, 11) is 2.11. The normalized spacial score (nSPS) is 17.4. The molecule has 19 heavy (non-hydrogen) atoms. The fourth-order valence-electron chi connectivity index (χ4n) is 2.13. The summed E-state index contributed by atoms with van der Waals surface area (Å²) >= 11 is 0. The zero-order valence-corrected chi connectivity index (χ0v) is 11.4. The molecule has 0 atom stereocenters. The van der Waals surface area contributed by atoms with Crippen LogP contribution in [-0.4, -0.2) is 55.5 Å². The first-order valence-electron chi connectivity index (χ1n) is 6.67. The highest BCUT2D eigenvalue weighted by molar-refractivity contribution is 5.92. The second kappa shape index (κ2) is 6.65. The number of carbonyl (C=O) groups is 1. The van der Waals surface area contributed by atoms with Gasteiger partial charge in [0, 0.05) is 38.4 Å². The Morgan fingerprint density at radius 3 is 2.42 bits per heavy atom. The molecule has 0 bridgehead atoms. The number of piperazine rings is 1. The molecule has 1 amide bonds. The van der Waals surface area contributed by atoms with E-state index in [0.717, 1.165) is 37.4 Å². The number of nitrogens with two attached hydrogens (primary N) is 1. The Morgan fingerprint density at radius 1 is 1.21 bits per heavy atom. The average Bonchev–Trinajstić information content (AvgIpc) is 2.42. The van der Waals surface area contributed by atoms with Crippen molar-refractivity contribution in [1.29, 1.82) is 0 Å². The molecule has 1 aliphatic rings. The van der Waals surface area contributed by atoms with Crippen LogP contribution in [0, 0.1) is 0 Å². The van der Waals surface area contributed by atoms with Crippen molar-refractivity contribution in [2.75, 3.05) is 45.1 Å². The van der Waals surface area contributed by atoms with E-state index in [9.17, 15) is 4.79 Å². The summed E-state index contributed by atoms with van der Waals surface area (Å²) in [5.74, 6) is 0.0463. The van der Waals surface area contributed by atoms with Crippen LogP contribution in [0.1, 0.15) is 5.56 Å². The Hall–Kier alpha value is -1.43. The lowest BCUT2D eigenvalue weighted by Crippen LogP contribution is -2.47. The lowest BCUT2D eigenvalue weighted by atomic mass is 10.2. The summed E-state index contributed by atoms with van der Waals surface area (Å²) in [6, 6.07) is 7.66. The molecule has 1 saturated heterocycles. The second-order valence-electron chi connectivity index (χ2n) is 5.03. The Morgan fingerprint density at radius 2 is 1.84 bits per heavy atom. The fourth-order valence-corrected chi connectivity index (χ4v) is 2.13. The number of hydrogen-bond acceptors (Lipinski definition) is 4. The van der Waals surface area contributed by atoms with E-state index in [2.05, 4.69) is 22.2 Å². The third-order valence-electron chi connectivity index (χ3n) is 3.44. The molecule has 0 unspecified atom stereocenters. The van der Waals surface area contributed by atoms with E-state index in [-0.39, 0.29) is 5.91 Å². The number of rotatable bonds is 4. The van der Waals surface area contributed by atoms with E-state index in [4.69, 9.17) is 5.73 Å². The number of hydrogen-bond donors (Lipinski definition) is 2. The van der Waals surface area contributed by atoms with Gasteiger partial charge in [-0.05, 0) is 24.7 Å². The predicted molar refractivity (Wildman–Crippen MR) is 76.9 cm³/mol. The minimum atomic E-state index is 0.0463. The molecule has 0 spiro atoms. The van der Waals surface area contributed by atoms with E-state index in [1.165, 1.54) is 0 Å². The number of likely N-dealkylation sites (N-methyl/N-ethyl adjacent to an activating group) is 1. The van der Waals surface area contributed by atoms with E-state index in [0.29, 0.717) is 13.1 Å². The maximum absolute atomic E-state index is 11.9. The number of amides is 1. The molecule has 0 radical (unpaired) electrons. The van der Waals surface area contributed by atoms with Crippen LogP contribution in [0.5, 0.6) is 0 Å². The van der Waals surface area contributed by atoms with Crippen LogP contribution in [0.3, 0.4) is 0 Å². The standard InChI is InChI=1S/C14H22N4O/c1-17-6-8-18(9-7-17)11-14(19)16-13-4-2-12(10-15)3-5-13/h2-5H,6-11,15H2,1H3,(H,16,19). The van der Waals surface area contributed by atoms with E-state index in [1.807, 2.05) is 24.3 Å². The quantitative estimate of drug-likeness (QED) is 0.821. The minimum absolute atomic E-state index is 0.0463. The van der Waals surface area contributed by atoms with Crippen molar-refractivity contribution in [3.8, 4) is 0 Å². The molecule has 5 heteroatoms. The number of anilines is 1. The van der Waals surface area contributed by atoms with Gasteiger partial charge in [0.15, 0.2) is 0 Å². The first-order valence-corrected chi connectivity index (χ1v) is 6.67. The van der Waals surface area contributed by atoms with Gasteiger partial charge in [-0.15, -0.1) is 0 Å². The van der Waals surface area contributed by atoms with Crippen LogP contribution in [0.15, 0.2) is 24.3 Å². The van der Waals surface area contributed by atoms with Crippen LogP contribution in [0.2, 0.25) is 0 Å². The number of carbonyl (C=O) groups excluding carboxylic acids is 1. The van der Waals surface area contributed by atoms with Crippen LogP contribution in [-0.2, 0) is 11.3 Å². The Balaban J connectivity index is 1.80. The zero-order chi connectivity index (χ0) is 13.7. The summed E-state index contributed by atoms with van der Waals surface area (Å²) in [5, 5.41) is 2.92. The average molecular weight is 262 g/mol. The lowest BCUT2D eigenvalue weighted by Gasteiger charge is -2.31. The van der Waals surface area contributed by atoms with Gasteiger partial charge in [-0.25, -0.2) is 0 Å². The van der Waals surface area contributed by atoms with Gasteiger partial charge in [0.2, 0.25) is 5.91 Å². The van der Waals surface area contributed by atoms with Crippen LogP contribution < -0.4 is 11.1 Å². The van der Waals surface area contributed by atoms with Gasteiger partial charge in [0.25, 0.3) is 0 Å². The summed E-state index contributed by atoms with van der Waals surface area (Å²) in [6.45, 7) is 4.95. The highest BCUT2D eigenvalue weighted by Gasteiger charge is 2.16.